The van der Waals surface area contributed by atoms with E-state index in [1.807, 2.05) is 13.0 Å². The van der Waals surface area contributed by atoms with E-state index in [1.54, 1.807) is 49.4 Å². The fraction of sp³-hybridized carbons (Fsp3) is 0.176. The van der Waals surface area contributed by atoms with E-state index >= 15 is 0 Å². The smallest absolute Gasteiger partial charge is 0.265 e. The molecule has 4 nitrogen and oxygen atoms in total. The summed E-state index contributed by atoms with van der Waals surface area (Å²) in [6.07, 6.45) is -0.702. The number of nitrogens with zero attached hydrogens (tertiary/aromatic N) is 1. The van der Waals surface area contributed by atoms with Gasteiger partial charge in [-0.15, -0.1) is 0 Å². The molecular formula is C17H15ClN2O2. The largest absolute Gasteiger partial charge is 0.481 e. The molecule has 0 bridgehead atoms. The van der Waals surface area contributed by atoms with Crippen LogP contribution in [-0.2, 0) is 4.79 Å². The second-order valence-electron chi connectivity index (χ2n) is 4.82. The molecular weight excluding hydrogens is 300 g/mol. The Hall–Kier alpha value is -2.51. The maximum Gasteiger partial charge on any atom is 0.265 e. The summed E-state index contributed by atoms with van der Waals surface area (Å²) in [7, 11) is 0. The summed E-state index contributed by atoms with van der Waals surface area (Å²) in [4.78, 5) is 12.2. The standard InChI is InChI=1S/C17H15ClN2O2/c1-11-9-14(7-8-15(11)18)22-12(2)17(21)20-16-6-4-3-5-13(16)10-19/h3-9,12H,1-2H3,(H,20,21)/t12-/m1/s1. The fourth-order valence-corrected chi connectivity index (χ4v) is 1.99. The summed E-state index contributed by atoms with van der Waals surface area (Å²) in [5.41, 5.74) is 1.75. The highest BCUT2D eigenvalue weighted by Gasteiger charge is 2.16. The first kappa shape index (κ1) is 15.9. The summed E-state index contributed by atoms with van der Waals surface area (Å²) in [6.45, 7) is 3.51. The van der Waals surface area contributed by atoms with Crippen LogP contribution in [-0.4, -0.2) is 12.0 Å². The molecule has 0 aliphatic rings. The highest BCUT2D eigenvalue weighted by Crippen LogP contribution is 2.22. The van der Waals surface area contributed by atoms with E-state index in [2.05, 4.69) is 5.32 Å². The first-order chi connectivity index (χ1) is 10.5. The zero-order chi connectivity index (χ0) is 16.1. The van der Waals surface area contributed by atoms with E-state index in [4.69, 9.17) is 21.6 Å². The van der Waals surface area contributed by atoms with Crippen molar-refractivity contribution in [1.29, 1.82) is 5.26 Å². The zero-order valence-electron chi connectivity index (χ0n) is 12.3. The molecule has 0 saturated carbocycles. The molecule has 0 saturated heterocycles. The summed E-state index contributed by atoms with van der Waals surface area (Å²) >= 11 is 5.95. The van der Waals surface area contributed by atoms with Gasteiger partial charge in [-0.3, -0.25) is 4.79 Å². The first-order valence-electron chi connectivity index (χ1n) is 6.74. The van der Waals surface area contributed by atoms with Gasteiger partial charge in [0.25, 0.3) is 5.91 Å². The predicted molar refractivity (Wildman–Crippen MR) is 86.1 cm³/mol. The van der Waals surface area contributed by atoms with Crippen molar-refractivity contribution in [2.75, 3.05) is 5.32 Å². The van der Waals surface area contributed by atoms with Crippen molar-refractivity contribution in [2.24, 2.45) is 0 Å². The lowest BCUT2D eigenvalue weighted by atomic mass is 10.2. The van der Waals surface area contributed by atoms with Crippen LogP contribution in [0.5, 0.6) is 5.75 Å². The van der Waals surface area contributed by atoms with E-state index in [0.717, 1.165) is 5.56 Å². The van der Waals surface area contributed by atoms with Gasteiger partial charge in [0.2, 0.25) is 0 Å². The third-order valence-corrected chi connectivity index (χ3v) is 3.54. The van der Waals surface area contributed by atoms with Gasteiger partial charge in [0.1, 0.15) is 11.8 Å². The number of amides is 1. The molecule has 0 spiro atoms. The number of carbonyl (C=O) groups is 1. The van der Waals surface area contributed by atoms with E-state index in [9.17, 15) is 4.79 Å². The lowest BCUT2D eigenvalue weighted by Gasteiger charge is -2.15. The van der Waals surface area contributed by atoms with Crippen LogP contribution < -0.4 is 10.1 Å². The molecule has 22 heavy (non-hydrogen) atoms. The van der Waals surface area contributed by atoms with Crippen LogP contribution >= 0.6 is 11.6 Å². The summed E-state index contributed by atoms with van der Waals surface area (Å²) in [5, 5.41) is 12.4. The number of halogens is 1. The molecule has 0 radical (unpaired) electrons. The molecule has 0 unspecified atom stereocenters. The number of nitrogens with one attached hydrogen (secondary N) is 1. The molecule has 2 rings (SSSR count). The van der Waals surface area contributed by atoms with Crippen molar-refractivity contribution in [1.82, 2.24) is 0 Å². The third-order valence-electron chi connectivity index (χ3n) is 3.12. The molecule has 2 aromatic rings. The van der Waals surface area contributed by atoms with Gasteiger partial charge in [-0.1, -0.05) is 23.7 Å². The number of hydrogen-bond donors (Lipinski definition) is 1. The Morgan fingerprint density at radius 1 is 1.32 bits per heavy atom. The quantitative estimate of drug-likeness (QED) is 0.930. The van der Waals surface area contributed by atoms with Gasteiger partial charge in [0.15, 0.2) is 6.10 Å². The Morgan fingerprint density at radius 2 is 2.05 bits per heavy atom. The van der Waals surface area contributed by atoms with Crippen LogP contribution in [0.1, 0.15) is 18.1 Å². The van der Waals surface area contributed by atoms with Crippen LogP contribution in [0.15, 0.2) is 42.5 Å². The molecule has 0 aliphatic heterocycles. The highest BCUT2D eigenvalue weighted by molar-refractivity contribution is 6.31. The third kappa shape index (κ3) is 3.78. The summed E-state index contributed by atoms with van der Waals surface area (Å²) < 4.78 is 5.60. The minimum Gasteiger partial charge on any atom is -0.481 e. The maximum atomic E-state index is 12.2. The highest BCUT2D eigenvalue weighted by atomic mass is 35.5. The summed E-state index contributed by atoms with van der Waals surface area (Å²) in [5.74, 6) is 0.244. The van der Waals surface area contributed by atoms with Crippen LogP contribution in [0.2, 0.25) is 5.02 Å². The number of nitriles is 1. The van der Waals surface area contributed by atoms with Crippen LogP contribution in [0.25, 0.3) is 0 Å². The fourth-order valence-electron chi connectivity index (χ4n) is 1.87. The maximum absolute atomic E-state index is 12.2. The van der Waals surface area contributed by atoms with Gasteiger partial charge in [0, 0.05) is 5.02 Å². The lowest BCUT2D eigenvalue weighted by Crippen LogP contribution is -2.30. The van der Waals surface area contributed by atoms with E-state index in [-0.39, 0.29) is 5.91 Å². The SMILES string of the molecule is Cc1cc(O[C@H](C)C(=O)Nc2ccccc2C#N)ccc1Cl. The predicted octanol–water partition coefficient (Wildman–Crippen LogP) is 3.93. The van der Waals surface area contributed by atoms with Crippen molar-refractivity contribution in [2.45, 2.75) is 20.0 Å². The molecule has 112 valence electrons. The number of ether oxygens (including phenoxy) is 1. The lowest BCUT2D eigenvalue weighted by molar-refractivity contribution is -0.122. The number of hydrogen-bond acceptors (Lipinski definition) is 3. The molecule has 5 heteroatoms. The van der Waals surface area contributed by atoms with E-state index < -0.39 is 6.10 Å². The number of aryl methyl sites for hydroxylation is 1. The first-order valence-corrected chi connectivity index (χ1v) is 7.12. The average Bonchev–Trinajstić information content (AvgIpc) is 2.51. The van der Waals surface area contributed by atoms with Crippen LogP contribution in [0.4, 0.5) is 5.69 Å². The molecule has 2 aromatic carbocycles. The molecule has 0 aliphatic carbocycles. The van der Waals surface area contributed by atoms with Gasteiger partial charge in [-0.2, -0.15) is 5.26 Å². The van der Waals surface area contributed by atoms with Crippen molar-refractivity contribution in [3.63, 3.8) is 0 Å². The second kappa shape index (κ2) is 6.97. The Morgan fingerprint density at radius 3 is 2.73 bits per heavy atom. The molecule has 0 aromatic heterocycles. The van der Waals surface area contributed by atoms with Gasteiger partial charge < -0.3 is 10.1 Å². The minimum absolute atomic E-state index is 0.324. The van der Waals surface area contributed by atoms with Gasteiger partial charge >= 0.3 is 0 Å². The number of benzene rings is 2. The summed E-state index contributed by atoms with van der Waals surface area (Å²) in [6, 6.07) is 14.1. The van der Waals surface area contributed by atoms with Gasteiger partial charge in [0.05, 0.1) is 11.3 Å². The molecule has 0 fully saturated rings. The number of anilines is 1. The molecule has 1 amide bonds. The van der Waals surface area contributed by atoms with E-state index in [0.29, 0.717) is 22.0 Å². The second-order valence-corrected chi connectivity index (χ2v) is 5.22. The number of carbonyl (C=O) groups excluding carboxylic acids is 1. The zero-order valence-corrected chi connectivity index (χ0v) is 13.0. The van der Waals surface area contributed by atoms with Crippen molar-refractivity contribution in [3.8, 4) is 11.8 Å². The Bertz CT molecular complexity index is 738. The number of rotatable bonds is 4. The van der Waals surface area contributed by atoms with Crippen LogP contribution in [0.3, 0.4) is 0 Å². The Labute approximate surface area is 134 Å². The molecule has 1 atom stereocenters. The van der Waals surface area contributed by atoms with E-state index in [1.165, 1.54) is 0 Å². The van der Waals surface area contributed by atoms with Gasteiger partial charge in [-0.05, 0) is 49.7 Å². The molecule has 1 N–H and O–H groups in total. The average molecular weight is 315 g/mol. The minimum atomic E-state index is -0.702. The van der Waals surface area contributed by atoms with Crippen molar-refractivity contribution < 1.29 is 9.53 Å². The van der Waals surface area contributed by atoms with Crippen molar-refractivity contribution in [3.05, 3.63) is 58.6 Å². The number of para-hydroxylation sites is 1. The van der Waals surface area contributed by atoms with Crippen LogP contribution in [0, 0.1) is 18.3 Å². The topological polar surface area (TPSA) is 62.1 Å². The van der Waals surface area contributed by atoms with Gasteiger partial charge in [-0.25, -0.2) is 0 Å². The monoisotopic (exact) mass is 314 g/mol. The van der Waals surface area contributed by atoms with Crippen molar-refractivity contribution >= 4 is 23.2 Å². The normalized spacial score (nSPS) is 11.4. The molecule has 0 heterocycles. The Kier molecular flexibility index (Phi) is 5.03. The Balaban J connectivity index is 2.06.